The summed E-state index contributed by atoms with van der Waals surface area (Å²) in [5.41, 5.74) is 2.74. The summed E-state index contributed by atoms with van der Waals surface area (Å²) in [5.74, 6) is 0.441. The molecule has 1 atom stereocenters. The Kier molecular flexibility index (Phi) is 2.85. The molecule has 0 saturated carbocycles. The van der Waals surface area contributed by atoms with Crippen LogP contribution in [0, 0.1) is 0 Å². The van der Waals surface area contributed by atoms with Gasteiger partial charge in [-0.3, -0.25) is 0 Å². The maximum Gasteiger partial charge on any atom is 0.00612 e. The minimum absolute atomic E-state index is 0.441. The maximum absolute atomic E-state index is 2.30. The molecule has 0 amide bonds. The van der Waals surface area contributed by atoms with Crippen LogP contribution in [0.2, 0.25) is 0 Å². The molecule has 3 rings (SSSR count). The molecule has 0 aliphatic rings. The van der Waals surface area contributed by atoms with Crippen molar-refractivity contribution in [2.24, 2.45) is 0 Å². The smallest absolute Gasteiger partial charge is 0.00612 e. The lowest BCUT2D eigenvalue weighted by Gasteiger charge is -2.13. The van der Waals surface area contributed by atoms with Crippen molar-refractivity contribution in [3.05, 3.63) is 83.9 Å². The summed E-state index contributed by atoms with van der Waals surface area (Å²) in [5, 5.41) is 2.62. The van der Waals surface area contributed by atoms with Crippen LogP contribution in [-0.2, 0) is 0 Å². The maximum atomic E-state index is 2.30. The van der Waals surface area contributed by atoms with Crippen molar-refractivity contribution in [1.29, 1.82) is 0 Å². The largest absolute Gasteiger partial charge is 0.0622 e. The van der Waals surface area contributed by atoms with Gasteiger partial charge in [-0.1, -0.05) is 79.7 Å². The van der Waals surface area contributed by atoms with Gasteiger partial charge in [-0.25, -0.2) is 0 Å². The average molecular weight is 232 g/mol. The van der Waals surface area contributed by atoms with Crippen molar-refractivity contribution in [2.75, 3.05) is 0 Å². The SMILES string of the molecule is C[C@@H](c1ccccc1)c1ccc2ccccc2c1. The fourth-order valence-electron chi connectivity index (χ4n) is 2.41. The molecular formula is C18H16. The van der Waals surface area contributed by atoms with Crippen LogP contribution in [0.25, 0.3) is 10.8 Å². The van der Waals surface area contributed by atoms with E-state index in [-0.39, 0.29) is 0 Å². The third-order valence-corrected chi connectivity index (χ3v) is 3.57. The van der Waals surface area contributed by atoms with Gasteiger partial charge in [-0.05, 0) is 21.9 Å². The Balaban J connectivity index is 2.04. The van der Waals surface area contributed by atoms with E-state index in [1.807, 2.05) is 0 Å². The zero-order chi connectivity index (χ0) is 12.4. The molecule has 0 heterocycles. The molecule has 0 aliphatic heterocycles. The van der Waals surface area contributed by atoms with Crippen LogP contribution in [0.3, 0.4) is 0 Å². The number of hydrogen-bond donors (Lipinski definition) is 0. The second kappa shape index (κ2) is 4.66. The lowest BCUT2D eigenvalue weighted by atomic mass is 9.92. The van der Waals surface area contributed by atoms with Crippen LogP contribution in [-0.4, -0.2) is 0 Å². The first-order chi connectivity index (χ1) is 8.84. The van der Waals surface area contributed by atoms with Crippen molar-refractivity contribution in [1.82, 2.24) is 0 Å². The van der Waals surface area contributed by atoms with Crippen LogP contribution in [0.4, 0.5) is 0 Å². The first-order valence-electron chi connectivity index (χ1n) is 6.38. The van der Waals surface area contributed by atoms with Crippen LogP contribution < -0.4 is 0 Å². The molecule has 0 spiro atoms. The van der Waals surface area contributed by atoms with E-state index in [2.05, 4.69) is 79.7 Å². The van der Waals surface area contributed by atoms with Crippen molar-refractivity contribution in [2.45, 2.75) is 12.8 Å². The van der Waals surface area contributed by atoms with E-state index in [0.29, 0.717) is 5.92 Å². The predicted octanol–water partition coefficient (Wildman–Crippen LogP) is 4.99. The topological polar surface area (TPSA) is 0 Å². The molecular weight excluding hydrogens is 216 g/mol. The number of fused-ring (bicyclic) bond motifs is 1. The van der Waals surface area contributed by atoms with Gasteiger partial charge in [0.2, 0.25) is 0 Å². The molecule has 0 aliphatic carbocycles. The van der Waals surface area contributed by atoms with Gasteiger partial charge in [0.1, 0.15) is 0 Å². The van der Waals surface area contributed by atoms with Crippen molar-refractivity contribution < 1.29 is 0 Å². The molecule has 88 valence electrons. The quantitative estimate of drug-likeness (QED) is 0.583. The third-order valence-electron chi connectivity index (χ3n) is 3.57. The lowest BCUT2D eigenvalue weighted by Crippen LogP contribution is -1.95. The number of benzene rings is 3. The highest BCUT2D eigenvalue weighted by Crippen LogP contribution is 2.26. The zero-order valence-electron chi connectivity index (χ0n) is 10.5. The molecule has 3 aromatic carbocycles. The van der Waals surface area contributed by atoms with E-state index in [1.54, 1.807) is 0 Å². The Hall–Kier alpha value is -2.08. The van der Waals surface area contributed by atoms with Crippen LogP contribution in [0.15, 0.2) is 72.8 Å². The van der Waals surface area contributed by atoms with Gasteiger partial charge in [0.15, 0.2) is 0 Å². The van der Waals surface area contributed by atoms with E-state index >= 15 is 0 Å². The summed E-state index contributed by atoms with van der Waals surface area (Å²) < 4.78 is 0. The molecule has 0 unspecified atom stereocenters. The second-order valence-corrected chi connectivity index (χ2v) is 4.74. The number of hydrogen-bond acceptors (Lipinski definition) is 0. The van der Waals surface area contributed by atoms with Gasteiger partial charge in [0.05, 0.1) is 0 Å². The normalized spacial score (nSPS) is 12.5. The molecule has 0 bridgehead atoms. The first-order valence-corrected chi connectivity index (χ1v) is 6.38. The predicted molar refractivity (Wildman–Crippen MR) is 77.9 cm³/mol. The highest BCUT2D eigenvalue weighted by atomic mass is 14.1. The third kappa shape index (κ3) is 2.02. The van der Waals surface area contributed by atoms with Gasteiger partial charge in [0, 0.05) is 5.92 Å². The summed E-state index contributed by atoms with van der Waals surface area (Å²) in [6.45, 7) is 2.26. The number of rotatable bonds is 2. The fraction of sp³-hybridized carbons (Fsp3) is 0.111. The minimum atomic E-state index is 0.441. The minimum Gasteiger partial charge on any atom is -0.0622 e. The van der Waals surface area contributed by atoms with Gasteiger partial charge in [-0.2, -0.15) is 0 Å². The summed E-state index contributed by atoms with van der Waals surface area (Å²) in [4.78, 5) is 0. The molecule has 18 heavy (non-hydrogen) atoms. The molecule has 3 aromatic rings. The molecule has 0 N–H and O–H groups in total. The van der Waals surface area contributed by atoms with E-state index in [1.165, 1.54) is 21.9 Å². The summed E-state index contributed by atoms with van der Waals surface area (Å²) >= 11 is 0. The summed E-state index contributed by atoms with van der Waals surface area (Å²) in [6.07, 6.45) is 0. The standard InChI is InChI=1S/C18H16/c1-14(15-7-3-2-4-8-15)17-12-11-16-9-5-6-10-18(16)13-17/h2-14H,1H3/t14-/m0/s1. The van der Waals surface area contributed by atoms with Gasteiger partial charge in [-0.15, -0.1) is 0 Å². The highest BCUT2D eigenvalue weighted by molar-refractivity contribution is 5.83. The fourth-order valence-corrected chi connectivity index (χ4v) is 2.41. The molecule has 0 saturated heterocycles. The Morgan fingerprint density at radius 3 is 2.06 bits per heavy atom. The van der Waals surface area contributed by atoms with Crippen LogP contribution in [0.1, 0.15) is 24.0 Å². The van der Waals surface area contributed by atoms with E-state index in [9.17, 15) is 0 Å². The molecule has 0 radical (unpaired) electrons. The highest BCUT2D eigenvalue weighted by Gasteiger charge is 2.07. The van der Waals surface area contributed by atoms with Crippen molar-refractivity contribution in [3.63, 3.8) is 0 Å². The van der Waals surface area contributed by atoms with E-state index in [4.69, 9.17) is 0 Å². The molecule has 0 heteroatoms. The Bertz CT molecular complexity index is 653. The van der Waals surface area contributed by atoms with E-state index in [0.717, 1.165) is 0 Å². The molecule has 0 aromatic heterocycles. The van der Waals surface area contributed by atoms with Crippen LogP contribution in [0.5, 0.6) is 0 Å². The van der Waals surface area contributed by atoms with Gasteiger partial charge < -0.3 is 0 Å². The first kappa shape index (κ1) is 11.0. The lowest BCUT2D eigenvalue weighted by molar-refractivity contribution is 0.925. The summed E-state index contributed by atoms with van der Waals surface area (Å²) in [6, 6.07) is 25.9. The molecule has 0 nitrogen and oxygen atoms in total. The van der Waals surface area contributed by atoms with Gasteiger partial charge in [0.25, 0.3) is 0 Å². The monoisotopic (exact) mass is 232 g/mol. The Labute approximate surface area is 108 Å². The summed E-state index contributed by atoms with van der Waals surface area (Å²) in [7, 11) is 0. The molecule has 0 fully saturated rings. The zero-order valence-corrected chi connectivity index (χ0v) is 10.5. The van der Waals surface area contributed by atoms with Crippen molar-refractivity contribution in [3.8, 4) is 0 Å². The van der Waals surface area contributed by atoms with E-state index < -0.39 is 0 Å². The Morgan fingerprint density at radius 1 is 0.611 bits per heavy atom. The van der Waals surface area contributed by atoms with Crippen molar-refractivity contribution >= 4 is 10.8 Å². The average Bonchev–Trinajstić information content (AvgIpc) is 2.47. The Morgan fingerprint density at radius 2 is 1.28 bits per heavy atom. The van der Waals surface area contributed by atoms with Gasteiger partial charge >= 0.3 is 0 Å². The second-order valence-electron chi connectivity index (χ2n) is 4.74. The van der Waals surface area contributed by atoms with Crippen LogP contribution >= 0.6 is 0 Å².